The number of rotatable bonds is 3. The van der Waals surface area contributed by atoms with Crippen LogP contribution >= 0.6 is 11.3 Å². The number of carboxylic acid groups (broad SMARTS) is 1. The van der Waals surface area contributed by atoms with Crippen LogP contribution in [0.2, 0.25) is 0 Å². The van der Waals surface area contributed by atoms with E-state index in [2.05, 4.69) is 10.1 Å². The molecule has 0 radical (unpaired) electrons. The predicted octanol–water partition coefficient (Wildman–Crippen LogP) is 4.42. The monoisotopic (exact) mass is 567 g/mol. The highest BCUT2D eigenvalue weighted by molar-refractivity contribution is 7.91. The highest BCUT2D eigenvalue weighted by atomic mass is 32.2. The molecule has 4 aromatic rings. The van der Waals surface area contributed by atoms with Crippen molar-refractivity contribution < 1.29 is 44.7 Å². The Morgan fingerprint density at radius 1 is 1.05 bits per heavy atom. The summed E-state index contributed by atoms with van der Waals surface area (Å²) in [5.74, 6) is -1.54. The molecule has 5 N–H and O–H groups in total. The third-order valence-corrected chi connectivity index (χ3v) is 7.20. The van der Waals surface area contributed by atoms with Crippen LogP contribution in [0.15, 0.2) is 46.8 Å². The van der Waals surface area contributed by atoms with Crippen LogP contribution in [0.4, 0.5) is 32.0 Å². The number of alkyl halides is 6. The normalized spacial score (nSPS) is 12.3. The summed E-state index contributed by atoms with van der Waals surface area (Å²) in [6, 6.07) is 5.27. The van der Waals surface area contributed by atoms with Crippen LogP contribution in [0, 0.1) is 6.92 Å². The number of thiophene rings is 1. The molecular weight excluding hydrogens is 552 g/mol. The van der Waals surface area contributed by atoms with E-state index in [-0.39, 0.29) is 15.5 Å². The van der Waals surface area contributed by atoms with Crippen molar-refractivity contribution in [3.05, 3.63) is 64.3 Å². The number of nitrogen functional groups attached to an aromatic ring is 1. The molecule has 3 heterocycles. The van der Waals surface area contributed by atoms with E-state index in [0.717, 1.165) is 34.5 Å². The summed E-state index contributed by atoms with van der Waals surface area (Å²) in [6.45, 7) is 1.74. The molecule has 37 heavy (non-hydrogen) atoms. The third kappa shape index (κ3) is 6.17. The Balaban J connectivity index is 0.000000289. The average Bonchev–Trinajstić information content (AvgIpc) is 3.35. The molecule has 3 aromatic heterocycles. The van der Waals surface area contributed by atoms with E-state index in [1.807, 2.05) is 0 Å². The van der Waals surface area contributed by atoms with Gasteiger partial charge in [0.1, 0.15) is 9.77 Å². The van der Waals surface area contributed by atoms with Crippen LogP contribution in [0.25, 0.3) is 16.9 Å². The lowest BCUT2D eigenvalue weighted by atomic mass is 10.1. The van der Waals surface area contributed by atoms with Gasteiger partial charge in [-0.3, -0.25) is 0 Å². The molecule has 9 nitrogen and oxygen atoms in total. The van der Waals surface area contributed by atoms with Crippen LogP contribution in [-0.2, 0) is 22.4 Å². The first-order valence-electron chi connectivity index (χ1n) is 9.65. The number of nitrogens with zero attached hydrogens (tertiary/aromatic N) is 3. The van der Waals surface area contributed by atoms with Crippen LogP contribution < -0.4 is 10.9 Å². The van der Waals surface area contributed by atoms with Crippen molar-refractivity contribution in [3.63, 3.8) is 0 Å². The molecule has 0 bridgehead atoms. The Morgan fingerprint density at radius 3 is 2.05 bits per heavy atom. The zero-order valence-electron chi connectivity index (χ0n) is 18.3. The van der Waals surface area contributed by atoms with Gasteiger partial charge in [-0.15, -0.1) is 11.3 Å². The van der Waals surface area contributed by atoms with Gasteiger partial charge in [0.2, 0.25) is 10.0 Å². The number of hydrogen-bond donors (Lipinski definition) is 3. The Kier molecular flexibility index (Phi) is 7.26. The van der Waals surface area contributed by atoms with Crippen molar-refractivity contribution in [1.82, 2.24) is 14.6 Å². The number of fused-ring (bicyclic) bond motifs is 1. The minimum absolute atomic E-state index is 0.0384. The van der Waals surface area contributed by atoms with Crippen molar-refractivity contribution in [2.24, 2.45) is 5.14 Å². The standard InChI is InChI=1S/C15H7F6N3O2.C5H8N2O2S2/c16-14(17,18)8-3-1-7(2-4-8)10-5-11(15(19,20)21)24-12(23-10)9(6-22-24)13(25)26;1-3-4(6)2-5(10-3)11(7,8)9/h1-6H,(H,25,26);2H,6H2,1H3,(H2,7,8,9). The first-order chi connectivity index (χ1) is 16.9. The number of sulfonamides is 1. The minimum Gasteiger partial charge on any atom is -0.477 e. The Hall–Kier alpha value is -3.70. The van der Waals surface area contributed by atoms with Crippen LogP contribution in [0.3, 0.4) is 0 Å². The maximum Gasteiger partial charge on any atom is 0.433 e. The fraction of sp³-hybridized carbons (Fsp3) is 0.150. The number of nitrogens with two attached hydrogens (primary N) is 2. The average molecular weight is 567 g/mol. The molecule has 0 amide bonds. The number of aryl methyl sites for hydroxylation is 1. The molecule has 0 aliphatic carbocycles. The lowest BCUT2D eigenvalue weighted by molar-refractivity contribution is -0.142. The van der Waals surface area contributed by atoms with Gasteiger partial charge in [0, 0.05) is 16.1 Å². The van der Waals surface area contributed by atoms with Crippen molar-refractivity contribution in [2.45, 2.75) is 23.5 Å². The second-order valence-corrected chi connectivity index (χ2v) is 10.4. The molecule has 0 spiro atoms. The van der Waals surface area contributed by atoms with E-state index >= 15 is 0 Å². The van der Waals surface area contributed by atoms with E-state index in [0.29, 0.717) is 28.4 Å². The predicted molar refractivity (Wildman–Crippen MR) is 120 cm³/mol. The van der Waals surface area contributed by atoms with Gasteiger partial charge in [0.05, 0.1) is 17.5 Å². The van der Waals surface area contributed by atoms with E-state index in [9.17, 15) is 39.6 Å². The summed E-state index contributed by atoms with van der Waals surface area (Å²) >= 11 is 1.08. The van der Waals surface area contributed by atoms with Crippen LogP contribution in [0.1, 0.15) is 26.5 Å². The summed E-state index contributed by atoms with van der Waals surface area (Å²) in [5, 5.41) is 17.3. The smallest absolute Gasteiger partial charge is 0.433 e. The van der Waals surface area contributed by atoms with Crippen molar-refractivity contribution >= 4 is 38.7 Å². The number of hydrogen-bond acceptors (Lipinski definition) is 7. The summed E-state index contributed by atoms with van der Waals surface area (Å²) in [4.78, 5) is 15.7. The Labute approximate surface area is 208 Å². The highest BCUT2D eigenvalue weighted by Gasteiger charge is 2.36. The molecule has 0 saturated heterocycles. The molecule has 0 atom stereocenters. The first-order valence-corrected chi connectivity index (χ1v) is 12.0. The molecule has 198 valence electrons. The summed E-state index contributed by atoms with van der Waals surface area (Å²) < 4.78 is 99.5. The molecule has 17 heteroatoms. The van der Waals surface area contributed by atoms with E-state index in [1.165, 1.54) is 6.07 Å². The summed E-state index contributed by atoms with van der Waals surface area (Å²) in [7, 11) is -3.57. The fourth-order valence-electron chi connectivity index (χ4n) is 2.90. The van der Waals surface area contributed by atoms with Crippen molar-refractivity contribution in [1.29, 1.82) is 0 Å². The minimum atomic E-state index is -4.89. The summed E-state index contributed by atoms with van der Waals surface area (Å²) in [5.41, 5.74) is 2.12. The quantitative estimate of drug-likeness (QED) is 0.310. The summed E-state index contributed by atoms with van der Waals surface area (Å²) in [6.07, 6.45) is -8.77. The van der Waals surface area contributed by atoms with Gasteiger partial charge >= 0.3 is 18.3 Å². The Morgan fingerprint density at radius 2 is 1.65 bits per heavy atom. The largest absolute Gasteiger partial charge is 0.477 e. The fourth-order valence-corrected chi connectivity index (χ4v) is 4.70. The van der Waals surface area contributed by atoms with Gasteiger partial charge in [-0.1, -0.05) is 12.1 Å². The van der Waals surface area contributed by atoms with Crippen molar-refractivity contribution in [3.8, 4) is 11.3 Å². The van der Waals surface area contributed by atoms with E-state index in [4.69, 9.17) is 16.0 Å². The lowest BCUT2D eigenvalue weighted by Crippen LogP contribution is -2.14. The SMILES string of the molecule is Cc1sc(S(N)(=O)=O)cc1N.O=C(O)c1cnn2c(C(F)(F)F)cc(-c3ccc(C(F)(F)F)cc3)nc12. The number of benzene rings is 1. The molecule has 0 unspecified atom stereocenters. The molecule has 0 aliphatic heterocycles. The van der Waals surface area contributed by atoms with Gasteiger partial charge in [-0.05, 0) is 31.2 Å². The molecule has 1 aromatic carbocycles. The molecule has 0 fully saturated rings. The van der Waals surface area contributed by atoms with Gasteiger partial charge in [0.25, 0.3) is 0 Å². The molecule has 0 aliphatic rings. The number of carboxylic acids is 1. The number of aromatic carboxylic acids is 1. The van der Waals surface area contributed by atoms with E-state index < -0.39 is 50.8 Å². The van der Waals surface area contributed by atoms with Crippen LogP contribution in [-0.4, -0.2) is 34.1 Å². The molecule has 4 rings (SSSR count). The third-order valence-electron chi connectivity index (χ3n) is 4.71. The highest BCUT2D eigenvalue weighted by Crippen LogP contribution is 2.34. The number of primary sulfonamides is 1. The Bertz CT molecular complexity index is 1560. The van der Waals surface area contributed by atoms with Gasteiger partial charge in [0.15, 0.2) is 11.3 Å². The molecular formula is C20H15F6N5O4S2. The number of halogens is 6. The lowest BCUT2D eigenvalue weighted by Gasteiger charge is -2.12. The number of anilines is 1. The van der Waals surface area contributed by atoms with E-state index in [1.54, 1.807) is 6.92 Å². The van der Waals surface area contributed by atoms with Gasteiger partial charge < -0.3 is 10.8 Å². The molecule has 0 saturated carbocycles. The first kappa shape index (κ1) is 27.9. The second-order valence-electron chi connectivity index (χ2n) is 7.32. The maximum atomic E-state index is 13.3. The van der Waals surface area contributed by atoms with Gasteiger partial charge in [-0.2, -0.15) is 31.4 Å². The van der Waals surface area contributed by atoms with Crippen molar-refractivity contribution in [2.75, 3.05) is 5.73 Å². The zero-order valence-corrected chi connectivity index (χ0v) is 19.9. The second kappa shape index (κ2) is 9.64. The van der Waals surface area contributed by atoms with Gasteiger partial charge in [-0.25, -0.2) is 27.9 Å². The zero-order chi connectivity index (χ0) is 27.9. The maximum absolute atomic E-state index is 13.3. The number of aromatic nitrogens is 3. The number of carbonyl (C=O) groups is 1. The van der Waals surface area contributed by atoms with Crippen LogP contribution in [0.5, 0.6) is 0 Å². The topological polar surface area (TPSA) is 154 Å².